The molecule has 0 bridgehead atoms. The Labute approximate surface area is 242 Å². The average Bonchev–Trinajstić information content (AvgIpc) is 3.72. The second-order valence-electron chi connectivity index (χ2n) is 10.5. The van der Waals surface area contributed by atoms with E-state index in [1.54, 1.807) is 6.07 Å². The maximum Gasteiger partial charge on any atom is 0.280 e. The molecule has 1 N–H and O–H groups in total. The Morgan fingerprint density at radius 2 is 1.88 bits per heavy atom. The van der Waals surface area contributed by atoms with Crippen molar-refractivity contribution in [3.63, 3.8) is 0 Å². The molecule has 0 atom stereocenters. The van der Waals surface area contributed by atoms with E-state index in [9.17, 15) is 13.6 Å². The highest BCUT2D eigenvalue weighted by atomic mass is 32.1. The highest BCUT2D eigenvalue weighted by molar-refractivity contribution is 7.15. The molecule has 8 nitrogen and oxygen atoms in total. The van der Waals surface area contributed by atoms with Crippen molar-refractivity contribution < 1.29 is 18.3 Å². The van der Waals surface area contributed by atoms with Crippen molar-refractivity contribution >= 4 is 22.4 Å². The first-order valence-corrected chi connectivity index (χ1v) is 14.3. The monoisotopic (exact) mass is 576 g/mol. The fraction of sp³-hybridized carbons (Fsp3) is 0.433. The first kappa shape index (κ1) is 28.6. The van der Waals surface area contributed by atoms with Gasteiger partial charge >= 0.3 is 0 Å². The lowest BCUT2D eigenvalue weighted by atomic mass is 9.97. The van der Waals surface area contributed by atoms with Gasteiger partial charge in [0.15, 0.2) is 5.01 Å². The summed E-state index contributed by atoms with van der Waals surface area (Å²) in [6.45, 7) is 6.09. The number of nitrogens with zero attached hydrogens (tertiary/aromatic N) is 5. The fourth-order valence-corrected chi connectivity index (χ4v) is 5.11. The number of ether oxygens (including phenoxy) is 1. The van der Waals surface area contributed by atoms with E-state index < -0.39 is 18.0 Å². The Balaban J connectivity index is 1.50. The Morgan fingerprint density at radius 1 is 1.10 bits per heavy atom. The van der Waals surface area contributed by atoms with Crippen LogP contribution >= 0.6 is 11.3 Å². The molecule has 3 aromatic heterocycles. The van der Waals surface area contributed by atoms with Crippen molar-refractivity contribution in [3.8, 4) is 40.6 Å². The van der Waals surface area contributed by atoms with Crippen LogP contribution in [0.2, 0.25) is 0 Å². The lowest BCUT2D eigenvalue weighted by molar-refractivity contribution is 0.102. The van der Waals surface area contributed by atoms with Gasteiger partial charge in [-0.2, -0.15) is 0 Å². The van der Waals surface area contributed by atoms with Crippen molar-refractivity contribution in [1.82, 2.24) is 25.1 Å². The van der Waals surface area contributed by atoms with Gasteiger partial charge in [0.25, 0.3) is 12.3 Å². The van der Waals surface area contributed by atoms with Crippen LogP contribution in [0.15, 0.2) is 24.5 Å². The number of carbonyl (C=O) groups is 1. The Bertz CT molecular complexity index is 1560. The van der Waals surface area contributed by atoms with Crippen molar-refractivity contribution in [2.24, 2.45) is 5.92 Å². The van der Waals surface area contributed by atoms with Gasteiger partial charge in [0, 0.05) is 23.2 Å². The summed E-state index contributed by atoms with van der Waals surface area (Å²) in [5, 5.41) is 11.6. The summed E-state index contributed by atoms with van der Waals surface area (Å²) < 4.78 is 32.7. The number of carbonyl (C=O) groups excluding carboxylic acids is 1. The van der Waals surface area contributed by atoms with E-state index in [0.29, 0.717) is 22.2 Å². The summed E-state index contributed by atoms with van der Waals surface area (Å²) in [5.41, 5.74) is 0.316. The first-order valence-electron chi connectivity index (χ1n) is 13.5. The minimum absolute atomic E-state index is 0.136. The Hall–Kier alpha value is -3.93. The summed E-state index contributed by atoms with van der Waals surface area (Å²) in [5.74, 6) is 12.7. The van der Waals surface area contributed by atoms with E-state index in [-0.39, 0.29) is 27.5 Å². The summed E-state index contributed by atoms with van der Waals surface area (Å²) in [4.78, 5) is 24.0. The molecule has 2 fully saturated rings. The van der Waals surface area contributed by atoms with Gasteiger partial charge in [0.2, 0.25) is 5.13 Å². The highest BCUT2D eigenvalue weighted by Crippen LogP contribution is 2.35. The fourth-order valence-electron chi connectivity index (χ4n) is 4.51. The number of amides is 1. The van der Waals surface area contributed by atoms with Gasteiger partial charge < -0.3 is 4.74 Å². The Morgan fingerprint density at radius 3 is 2.59 bits per heavy atom. The molecular formula is C30H30F2N6O2S. The number of methoxy groups -OCH3 is 1. The largest absolute Gasteiger partial charge is 0.494 e. The maximum absolute atomic E-state index is 13.6. The van der Waals surface area contributed by atoms with E-state index >= 15 is 0 Å². The molecule has 4 heterocycles. The van der Waals surface area contributed by atoms with Crippen molar-refractivity contribution in [2.75, 3.05) is 25.5 Å². The van der Waals surface area contributed by atoms with Crippen LogP contribution in [0.3, 0.4) is 0 Å². The third-order valence-corrected chi connectivity index (χ3v) is 7.77. The third-order valence-electron chi connectivity index (χ3n) is 7.02. The summed E-state index contributed by atoms with van der Waals surface area (Å²) in [7, 11) is 1.41. The lowest BCUT2D eigenvalue weighted by Crippen LogP contribution is -2.45. The number of nitrogens with one attached hydrogen (secondary N) is 1. The van der Waals surface area contributed by atoms with E-state index in [1.807, 2.05) is 0 Å². The molecule has 0 radical (unpaired) electrons. The molecular weight excluding hydrogens is 546 g/mol. The Kier molecular flexibility index (Phi) is 8.57. The number of hydrogen-bond acceptors (Lipinski definition) is 8. The maximum atomic E-state index is 13.6. The van der Waals surface area contributed by atoms with Gasteiger partial charge in [-0.15, -0.1) is 10.2 Å². The molecule has 3 aromatic rings. The number of aromatic nitrogens is 4. The number of anilines is 1. The molecule has 1 saturated carbocycles. The normalized spacial score (nSPS) is 15.5. The average molecular weight is 577 g/mol. The predicted molar refractivity (Wildman–Crippen MR) is 153 cm³/mol. The molecule has 212 valence electrons. The summed E-state index contributed by atoms with van der Waals surface area (Å²) in [6, 6.07) is 2.84. The van der Waals surface area contributed by atoms with Crippen LogP contribution in [-0.4, -0.2) is 56.7 Å². The molecule has 1 saturated heterocycles. The van der Waals surface area contributed by atoms with Gasteiger partial charge in [-0.25, -0.2) is 13.8 Å². The van der Waals surface area contributed by atoms with Crippen LogP contribution in [-0.2, 0) is 0 Å². The number of halogens is 2. The molecule has 2 aliphatic rings. The molecule has 0 aromatic carbocycles. The van der Waals surface area contributed by atoms with Crippen molar-refractivity contribution in [1.29, 1.82) is 0 Å². The lowest BCUT2D eigenvalue weighted by Gasteiger charge is -2.37. The third kappa shape index (κ3) is 7.05. The first-order chi connectivity index (χ1) is 19.7. The number of piperidine rings is 1. The van der Waals surface area contributed by atoms with Crippen LogP contribution in [0.1, 0.15) is 79.1 Å². The second kappa shape index (κ2) is 12.3. The van der Waals surface area contributed by atoms with Crippen molar-refractivity contribution in [2.45, 2.75) is 57.9 Å². The van der Waals surface area contributed by atoms with Crippen LogP contribution < -0.4 is 10.1 Å². The minimum atomic E-state index is -2.81. The van der Waals surface area contributed by atoms with Crippen LogP contribution in [0.25, 0.3) is 11.1 Å². The molecule has 0 spiro atoms. The number of hydrogen-bond donors (Lipinski definition) is 1. The molecule has 41 heavy (non-hydrogen) atoms. The predicted octanol–water partition coefficient (Wildman–Crippen LogP) is 5.57. The molecule has 11 heteroatoms. The van der Waals surface area contributed by atoms with Crippen LogP contribution in [0.5, 0.6) is 5.75 Å². The number of likely N-dealkylation sites (tertiary alicyclic amines) is 1. The quantitative estimate of drug-likeness (QED) is 0.384. The minimum Gasteiger partial charge on any atom is -0.494 e. The number of rotatable bonds is 6. The SMILES string of the molecule is COc1cnc(C(F)F)cc1-c1cc(C#CC(C)(C)N2CCCCC2)ncc1C(=O)Nc1nnc(C#CC2CC2)s1. The van der Waals surface area contributed by atoms with Crippen molar-refractivity contribution in [3.05, 3.63) is 46.5 Å². The zero-order chi connectivity index (χ0) is 29.0. The topological polar surface area (TPSA) is 93.1 Å². The number of alkyl halides is 2. The molecule has 1 aliphatic heterocycles. The summed E-state index contributed by atoms with van der Waals surface area (Å²) >= 11 is 1.16. The van der Waals surface area contributed by atoms with E-state index in [4.69, 9.17) is 4.74 Å². The van der Waals surface area contributed by atoms with Gasteiger partial charge in [0.05, 0.1) is 24.4 Å². The molecule has 5 rings (SSSR count). The smallest absolute Gasteiger partial charge is 0.280 e. The molecule has 1 aliphatic carbocycles. The van der Waals surface area contributed by atoms with Gasteiger partial charge in [0.1, 0.15) is 17.1 Å². The van der Waals surface area contributed by atoms with Gasteiger partial charge in [-0.05, 0) is 76.6 Å². The van der Waals surface area contributed by atoms with Gasteiger partial charge in [-0.3, -0.25) is 20.0 Å². The van der Waals surface area contributed by atoms with Crippen LogP contribution in [0.4, 0.5) is 13.9 Å². The van der Waals surface area contributed by atoms with E-state index in [2.05, 4.69) is 67.9 Å². The zero-order valence-corrected chi connectivity index (χ0v) is 23.9. The van der Waals surface area contributed by atoms with Crippen LogP contribution in [0, 0.1) is 29.6 Å². The van der Waals surface area contributed by atoms with E-state index in [1.165, 1.54) is 32.0 Å². The highest BCUT2D eigenvalue weighted by Gasteiger charge is 2.26. The van der Waals surface area contributed by atoms with E-state index in [0.717, 1.165) is 50.1 Å². The number of pyridine rings is 2. The second-order valence-corrected chi connectivity index (χ2v) is 11.5. The standard InChI is InChI=1S/C30H30F2N6O2S/c1-30(2,38-13-5-4-6-14-38)12-11-20-15-21(22-16-24(27(31)32)34-18-25(22)40-3)23(17-33-20)28(39)35-29-37-36-26(41-29)10-9-19-7-8-19/h15-19,27H,4-8,13-14H2,1-3H3,(H,35,37,39). The summed E-state index contributed by atoms with van der Waals surface area (Å²) in [6.07, 6.45) is 5.47. The molecule has 1 amide bonds. The molecule has 0 unspecified atom stereocenters. The van der Waals surface area contributed by atoms with Gasteiger partial charge in [-0.1, -0.05) is 29.6 Å². The zero-order valence-electron chi connectivity index (χ0n) is 23.1.